The summed E-state index contributed by atoms with van der Waals surface area (Å²) in [5.74, 6) is -0.466. The molecule has 0 saturated carbocycles. The van der Waals surface area contributed by atoms with E-state index in [2.05, 4.69) is 25.7 Å². The van der Waals surface area contributed by atoms with Crippen molar-refractivity contribution in [1.82, 2.24) is 9.29 Å². The maximum atomic E-state index is 11.5. The van der Waals surface area contributed by atoms with Crippen LogP contribution in [-0.4, -0.2) is 37.7 Å². The van der Waals surface area contributed by atoms with Crippen molar-refractivity contribution in [2.45, 2.75) is 13.0 Å². The fourth-order valence-electron chi connectivity index (χ4n) is 2.10. The van der Waals surface area contributed by atoms with Crippen LogP contribution in [0.2, 0.25) is 0 Å². The Balaban J connectivity index is 2.00. The lowest BCUT2D eigenvalue weighted by Crippen LogP contribution is -2.28. The molecule has 0 saturated heterocycles. The molecule has 1 N–H and O–H groups in total. The molecule has 0 spiro atoms. The lowest BCUT2D eigenvalue weighted by atomic mass is 10.1. The van der Waals surface area contributed by atoms with E-state index in [9.17, 15) is 13.6 Å². The summed E-state index contributed by atoms with van der Waals surface area (Å²) in [6, 6.07) is 11.0. The number of aromatic nitrogens is 1. The van der Waals surface area contributed by atoms with E-state index < -0.39 is 17.2 Å². The number of carbonyl (C=O) groups is 1. The van der Waals surface area contributed by atoms with Gasteiger partial charge in [-0.15, -0.1) is 0 Å². The molecule has 2 aromatic rings. The molecule has 6 nitrogen and oxygen atoms in total. The summed E-state index contributed by atoms with van der Waals surface area (Å²) >= 11 is 1.30. The van der Waals surface area contributed by atoms with E-state index >= 15 is 0 Å². The van der Waals surface area contributed by atoms with Crippen molar-refractivity contribution >= 4 is 33.2 Å². The first-order chi connectivity index (χ1) is 11.5. The summed E-state index contributed by atoms with van der Waals surface area (Å²) < 4.78 is 28.0. The van der Waals surface area contributed by atoms with Gasteiger partial charge in [0.1, 0.15) is 0 Å². The molecule has 1 aromatic heterocycles. The second kappa shape index (κ2) is 9.03. The Morgan fingerprint density at radius 3 is 2.75 bits per heavy atom. The molecule has 8 heteroatoms. The Hall–Kier alpha value is -1.61. The lowest BCUT2D eigenvalue weighted by Gasteiger charge is -2.17. The van der Waals surface area contributed by atoms with Crippen LogP contribution in [0.25, 0.3) is 0 Å². The van der Waals surface area contributed by atoms with Crippen LogP contribution in [-0.2, 0) is 29.0 Å². The van der Waals surface area contributed by atoms with E-state index in [1.807, 2.05) is 24.3 Å². The Kier molecular flexibility index (Phi) is 7.04. The molecule has 0 bridgehead atoms. The molecular weight excluding hydrogens is 396 g/mol. The van der Waals surface area contributed by atoms with E-state index in [1.54, 1.807) is 12.1 Å². The topological polar surface area (TPSA) is 79.7 Å². The van der Waals surface area contributed by atoms with Crippen LogP contribution in [0.4, 0.5) is 0 Å². The van der Waals surface area contributed by atoms with Gasteiger partial charge >= 0.3 is 5.97 Å². The molecule has 1 heterocycles. The Morgan fingerprint density at radius 2 is 2.17 bits per heavy atom. The number of pyridine rings is 1. The zero-order valence-corrected chi connectivity index (χ0v) is 15.4. The number of hydrogen-bond acceptors (Lipinski definition) is 4. The largest absolute Gasteiger partial charge is 0.465 e. The van der Waals surface area contributed by atoms with Crippen molar-refractivity contribution in [3.8, 4) is 0 Å². The van der Waals surface area contributed by atoms with Crippen LogP contribution in [0.15, 0.2) is 47.1 Å². The SMILES string of the molecule is COC(=O)c1ccc(CN(CCc2cccc(Br)c2)S(=O)O)nc1. The second-order valence-corrected chi connectivity index (χ2v) is 6.90. The number of halogens is 1. The molecule has 0 fully saturated rings. The van der Waals surface area contributed by atoms with Gasteiger partial charge < -0.3 is 4.74 Å². The van der Waals surface area contributed by atoms with Crippen LogP contribution >= 0.6 is 15.9 Å². The number of esters is 1. The Bertz CT molecular complexity index is 724. The summed E-state index contributed by atoms with van der Waals surface area (Å²) in [6.45, 7) is 0.610. The van der Waals surface area contributed by atoms with E-state index in [4.69, 9.17) is 0 Å². The maximum Gasteiger partial charge on any atom is 0.339 e. The minimum atomic E-state index is -2.11. The first kappa shape index (κ1) is 18.7. The van der Waals surface area contributed by atoms with Gasteiger partial charge in [0, 0.05) is 17.2 Å². The van der Waals surface area contributed by atoms with Gasteiger partial charge in [0.25, 0.3) is 0 Å². The van der Waals surface area contributed by atoms with Crippen molar-refractivity contribution in [2.75, 3.05) is 13.7 Å². The molecule has 1 aromatic carbocycles. The van der Waals surface area contributed by atoms with Crippen molar-refractivity contribution in [3.05, 3.63) is 63.9 Å². The third-order valence-corrected chi connectivity index (χ3v) is 4.59. The monoisotopic (exact) mass is 412 g/mol. The molecule has 0 aliphatic heterocycles. The Labute approximate surface area is 151 Å². The fraction of sp³-hybridized carbons (Fsp3) is 0.250. The summed E-state index contributed by atoms with van der Waals surface area (Å²) in [5, 5.41) is 0. The first-order valence-electron chi connectivity index (χ1n) is 7.13. The van der Waals surface area contributed by atoms with Crippen molar-refractivity contribution in [3.63, 3.8) is 0 Å². The van der Waals surface area contributed by atoms with E-state index in [0.717, 1.165) is 10.0 Å². The summed E-state index contributed by atoms with van der Waals surface area (Å²) in [5.41, 5.74) is 2.00. The van der Waals surface area contributed by atoms with E-state index in [0.29, 0.717) is 24.2 Å². The smallest absolute Gasteiger partial charge is 0.339 e. The van der Waals surface area contributed by atoms with Gasteiger partial charge in [-0.05, 0) is 36.2 Å². The van der Waals surface area contributed by atoms with E-state index in [-0.39, 0.29) is 6.54 Å². The molecule has 0 aliphatic carbocycles. The van der Waals surface area contributed by atoms with Gasteiger partial charge in [0.05, 0.1) is 24.9 Å². The number of ether oxygens (including phenoxy) is 1. The van der Waals surface area contributed by atoms with Gasteiger partial charge in [-0.25, -0.2) is 9.00 Å². The predicted octanol–water partition coefficient (Wildman–Crippen LogP) is 2.81. The molecule has 1 atom stereocenters. The zero-order valence-electron chi connectivity index (χ0n) is 13.0. The molecule has 128 valence electrons. The average Bonchev–Trinajstić information content (AvgIpc) is 2.58. The van der Waals surface area contributed by atoms with Gasteiger partial charge in [-0.3, -0.25) is 9.54 Å². The second-order valence-electron chi connectivity index (χ2n) is 5.00. The highest BCUT2D eigenvalue weighted by atomic mass is 79.9. The summed E-state index contributed by atoms with van der Waals surface area (Å²) in [6.07, 6.45) is 2.03. The molecular formula is C16H17BrN2O4S. The summed E-state index contributed by atoms with van der Waals surface area (Å²) in [4.78, 5) is 15.5. The third kappa shape index (κ3) is 5.48. The van der Waals surface area contributed by atoms with Crippen LogP contribution < -0.4 is 0 Å². The fourth-order valence-corrected chi connectivity index (χ4v) is 3.03. The third-order valence-electron chi connectivity index (χ3n) is 3.34. The van der Waals surface area contributed by atoms with Gasteiger partial charge in [0.2, 0.25) is 11.3 Å². The first-order valence-corrected chi connectivity index (χ1v) is 8.99. The van der Waals surface area contributed by atoms with Crippen LogP contribution in [0.1, 0.15) is 21.6 Å². The maximum absolute atomic E-state index is 11.5. The normalized spacial score (nSPS) is 12.2. The number of benzene rings is 1. The average molecular weight is 413 g/mol. The number of rotatable bonds is 7. The number of hydrogen-bond donors (Lipinski definition) is 1. The molecule has 0 aliphatic rings. The summed E-state index contributed by atoms with van der Waals surface area (Å²) in [7, 11) is 1.30. The van der Waals surface area contributed by atoms with Crippen LogP contribution in [0, 0.1) is 0 Å². The quantitative estimate of drug-likeness (QED) is 0.558. The minimum Gasteiger partial charge on any atom is -0.465 e. The minimum absolute atomic E-state index is 0.207. The highest BCUT2D eigenvalue weighted by Crippen LogP contribution is 2.13. The molecule has 0 amide bonds. The number of nitrogens with zero attached hydrogens (tertiary/aromatic N) is 2. The van der Waals surface area contributed by atoms with Crippen molar-refractivity contribution in [2.24, 2.45) is 0 Å². The molecule has 0 radical (unpaired) electrons. The highest BCUT2D eigenvalue weighted by molar-refractivity contribution is 9.10. The van der Waals surface area contributed by atoms with Gasteiger partial charge in [-0.1, -0.05) is 28.1 Å². The number of carbonyl (C=O) groups excluding carboxylic acids is 1. The number of methoxy groups -OCH3 is 1. The predicted molar refractivity (Wildman–Crippen MR) is 94.6 cm³/mol. The van der Waals surface area contributed by atoms with Crippen LogP contribution in [0.5, 0.6) is 0 Å². The molecule has 24 heavy (non-hydrogen) atoms. The van der Waals surface area contributed by atoms with Crippen molar-refractivity contribution in [1.29, 1.82) is 0 Å². The molecule has 1 unspecified atom stereocenters. The van der Waals surface area contributed by atoms with Gasteiger partial charge in [0.15, 0.2) is 0 Å². The Morgan fingerprint density at radius 1 is 1.38 bits per heavy atom. The van der Waals surface area contributed by atoms with Gasteiger partial charge in [-0.2, -0.15) is 4.31 Å². The van der Waals surface area contributed by atoms with Crippen molar-refractivity contribution < 1.29 is 18.3 Å². The van der Waals surface area contributed by atoms with E-state index in [1.165, 1.54) is 17.6 Å². The highest BCUT2D eigenvalue weighted by Gasteiger charge is 2.14. The van der Waals surface area contributed by atoms with Crippen LogP contribution in [0.3, 0.4) is 0 Å². The standard InChI is InChI=1S/C16H17BrN2O4S/c1-23-16(20)13-5-6-15(18-10-13)11-19(24(21)22)8-7-12-3-2-4-14(17)9-12/h2-6,9-10H,7-8,11H2,1H3,(H,21,22). The lowest BCUT2D eigenvalue weighted by molar-refractivity contribution is 0.0600. The zero-order chi connectivity index (χ0) is 17.5. The molecule has 2 rings (SSSR count).